The maximum Gasteiger partial charge on any atom is 2.00 e. The molecule has 0 radical (unpaired) electrons. The van der Waals surface area contributed by atoms with E-state index in [1.165, 1.54) is 83.5 Å². The molecule has 10 nitrogen and oxygen atoms in total. The number of rotatable bonds is 16. The molecule has 0 saturated carbocycles. The van der Waals surface area contributed by atoms with Crippen LogP contribution in [-0.4, -0.2) is 124 Å². The topological polar surface area (TPSA) is 210 Å². The van der Waals surface area contributed by atoms with Gasteiger partial charge in [-0.25, -0.2) is 0 Å². The summed E-state index contributed by atoms with van der Waals surface area (Å²) in [6, 6.07) is 0. The largest absolute Gasteiger partial charge is 2.00 e. The molecule has 0 saturated heterocycles. The van der Waals surface area contributed by atoms with E-state index in [0.29, 0.717) is 6.42 Å². The summed E-state index contributed by atoms with van der Waals surface area (Å²) < 4.78 is 17.1. The van der Waals surface area contributed by atoms with Gasteiger partial charge in [0.1, 0.15) is 0 Å². The van der Waals surface area contributed by atoms with Crippen LogP contribution in [0.1, 0.15) is 110 Å². The number of carboxylic acids is 1. The Bertz CT molecular complexity index is 440. The fourth-order valence-corrected chi connectivity index (χ4v) is 2.65. The van der Waals surface area contributed by atoms with E-state index in [4.69, 9.17) is 43.6 Å². The van der Waals surface area contributed by atoms with Gasteiger partial charge in [-0.1, -0.05) is 96.8 Å². The van der Waals surface area contributed by atoms with E-state index in [0.717, 1.165) is 12.8 Å². The van der Waals surface area contributed by atoms with Crippen molar-refractivity contribution in [3.63, 3.8) is 0 Å². The van der Waals surface area contributed by atoms with Gasteiger partial charge in [-0.2, -0.15) is 15.6 Å². The molecule has 0 aromatic carbocycles. The number of hydrogen-bond donors (Lipinski definition) is 1. The van der Waals surface area contributed by atoms with Crippen LogP contribution in [0.3, 0.4) is 0 Å². The molecule has 0 aliphatic heterocycles. The van der Waals surface area contributed by atoms with E-state index < -0.39 is 21.6 Å². The van der Waals surface area contributed by atoms with Gasteiger partial charge in [0.05, 0.1) is 0 Å². The minimum absolute atomic E-state index is 0. The van der Waals surface area contributed by atoms with E-state index in [2.05, 4.69) is 6.92 Å². The van der Waals surface area contributed by atoms with Crippen LogP contribution in [0.2, 0.25) is 0 Å². The van der Waals surface area contributed by atoms with Gasteiger partial charge in [0.15, 0.2) is 0 Å². The fraction of sp³-hybridized carbons (Fsp3) is 0.944. The summed E-state index contributed by atoms with van der Waals surface area (Å²) in [5.74, 6) is -0.653. The third-order valence-electron chi connectivity index (χ3n) is 3.99. The van der Waals surface area contributed by atoms with Gasteiger partial charge < -0.3 is 43.6 Å². The fourth-order valence-electron chi connectivity index (χ4n) is 2.65. The average Bonchev–Trinajstić information content (AvgIpc) is 2.55. The monoisotopic (exact) mass is 594 g/mol. The van der Waals surface area contributed by atoms with E-state index in [1.54, 1.807) is 0 Å². The van der Waals surface area contributed by atoms with Crippen molar-refractivity contribution in [3.8, 4) is 0 Å². The maximum atomic E-state index is 10.3. The molecule has 0 spiro atoms. The van der Waals surface area contributed by atoms with Crippen molar-refractivity contribution in [3.05, 3.63) is 0 Å². The Morgan fingerprint density at radius 2 is 0.727 bits per heavy atom. The first-order valence-corrected chi connectivity index (χ1v) is 13.4. The number of carbonyl (C=O) groups is 1. The zero-order chi connectivity index (χ0) is 23.9. The smallest absolute Gasteiger partial charge is 0.822 e. The Hall–Kier alpha value is 3.47. The number of carboxylic acid groups (broad SMARTS) is 1. The summed E-state index contributed by atoms with van der Waals surface area (Å²) in [7, 11) is -10.8. The summed E-state index contributed by atoms with van der Waals surface area (Å²) in [4.78, 5) is 61.6. The molecule has 0 aliphatic rings. The van der Waals surface area contributed by atoms with Gasteiger partial charge in [-0.15, -0.1) is 0 Å². The molecule has 0 unspecified atom stereocenters. The number of unbranched alkanes of at least 4 members (excludes halogenated alkanes) is 14. The van der Waals surface area contributed by atoms with Crippen LogP contribution in [0.4, 0.5) is 0 Å². The van der Waals surface area contributed by atoms with Crippen molar-refractivity contribution in [2.24, 2.45) is 0 Å². The molecule has 0 bridgehead atoms. The average molecular weight is 595 g/mol. The van der Waals surface area contributed by atoms with E-state index in [1.807, 2.05) is 0 Å². The van der Waals surface area contributed by atoms with Crippen molar-refractivity contribution in [1.82, 2.24) is 0 Å². The summed E-state index contributed by atoms with van der Waals surface area (Å²) in [6.07, 6.45) is 20.2. The summed E-state index contributed by atoms with van der Waals surface area (Å²) in [6.45, 7) is 2.27. The van der Waals surface area contributed by atoms with Crippen LogP contribution in [0.25, 0.3) is 0 Å². The Labute approximate surface area is 288 Å². The molecule has 0 heterocycles. The van der Waals surface area contributed by atoms with Crippen molar-refractivity contribution < 1.29 is 48.4 Å². The van der Waals surface area contributed by atoms with Gasteiger partial charge in [0, 0.05) is 6.42 Å². The second-order valence-corrected chi connectivity index (χ2v) is 8.78. The van der Waals surface area contributed by atoms with Crippen LogP contribution < -0.4 is 29.4 Å². The van der Waals surface area contributed by atoms with E-state index >= 15 is 0 Å². The quantitative estimate of drug-likeness (QED) is 0.138. The second kappa shape index (κ2) is 35.5. The molecule has 1 N–H and O–H groups in total. The molecule has 0 aromatic heterocycles. The molecule has 0 atom stereocenters. The van der Waals surface area contributed by atoms with E-state index in [-0.39, 0.29) is 113 Å². The zero-order valence-electron chi connectivity index (χ0n) is 20.0. The molecule has 0 fully saturated rings. The van der Waals surface area contributed by atoms with Crippen molar-refractivity contribution in [2.75, 3.05) is 0 Å². The Kier molecular flexibility index (Phi) is 53.1. The predicted octanol–water partition coefficient (Wildman–Crippen LogP) is -0.459. The van der Waals surface area contributed by atoms with Crippen LogP contribution >= 0.6 is 15.6 Å². The maximum absolute atomic E-state index is 10.3. The molecule has 0 aromatic rings. The minimum Gasteiger partial charge on any atom is -0.822 e. The third kappa shape index (κ3) is 94.8. The molecule has 0 amide bonds. The van der Waals surface area contributed by atoms with Crippen LogP contribution in [-0.2, 0) is 13.9 Å². The molecule has 0 aliphatic carbocycles. The number of phosphoric acid groups is 2. The first kappa shape index (κ1) is 49.4. The zero-order valence-corrected chi connectivity index (χ0v) is 28.4. The summed E-state index contributed by atoms with van der Waals surface area (Å²) >= 11 is 0. The minimum atomic E-state index is -5.39. The standard InChI is InChI=1S/C18H36O2.3Ca.2H3O4P/c1-2-3-4-5-6-7-8-9-10-11-12-13-14-15-16-17-18(19)20;;;;2*1-5(2,3)4/h2-17H2,1H3,(H,19,20);;;;2*(H3,1,2,3,4)/q;3*+2;;/p-6. The first-order chi connectivity index (χ1) is 13.8. The van der Waals surface area contributed by atoms with Gasteiger partial charge in [-0.05, 0) is 6.42 Å². The first-order valence-electron chi connectivity index (χ1n) is 10.4. The summed E-state index contributed by atoms with van der Waals surface area (Å²) in [5.41, 5.74) is 0. The number of hydrogen-bond acceptors (Lipinski definition) is 9. The van der Waals surface area contributed by atoms with Gasteiger partial charge in [0.2, 0.25) is 0 Å². The second-order valence-electron chi connectivity index (χ2n) is 6.99. The van der Waals surface area contributed by atoms with Crippen LogP contribution in [0, 0.1) is 0 Å². The Balaban J connectivity index is -0.000000118. The van der Waals surface area contributed by atoms with Crippen molar-refractivity contribution in [2.45, 2.75) is 110 Å². The van der Waals surface area contributed by atoms with Gasteiger partial charge >= 0.3 is 119 Å². The molecular weight excluding hydrogens is 558 g/mol. The van der Waals surface area contributed by atoms with Crippen LogP contribution in [0.5, 0.6) is 0 Å². The van der Waals surface area contributed by atoms with Gasteiger partial charge in [-0.3, -0.25) is 4.79 Å². The summed E-state index contributed by atoms with van der Waals surface area (Å²) in [5, 5.41) is 8.52. The van der Waals surface area contributed by atoms with Crippen LogP contribution in [0.15, 0.2) is 0 Å². The molecule has 15 heteroatoms. The molecule has 33 heavy (non-hydrogen) atoms. The normalized spacial score (nSPS) is 10.2. The van der Waals surface area contributed by atoms with Crippen molar-refractivity contribution in [1.29, 1.82) is 0 Å². The molecule has 184 valence electrons. The van der Waals surface area contributed by atoms with E-state index in [9.17, 15) is 4.79 Å². The van der Waals surface area contributed by atoms with Gasteiger partial charge in [0.25, 0.3) is 0 Å². The molecule has 0 rings (SSSR count). The van der Waals surface area contributed by atoms with Crippen molar-refractivity contribution >= 4 is 135 Å². The third-order valence-corrected chi connectivity index (χ3v) is 3.99. The predicted molar refractivity (Wildman–Crippen MR) is 120 cm³/mol. The SMILES string of the molecule is CCCCCCCCCCCCCCCCCC(=O)O.O=P([O-])([O-])[O-].O=P([O-])([O-])[O-].[Ca+2].[Ca+2].[Ca+2]. The molecular formula is C18H36Ca3O10P2. The number of aliphatic carboxylic acids is 1. The Morgan fingerprint density at radius 1 is 0.545 bits per heavy atom. The Morgan fingerprint density at radius 3 is 0.909 bits per heavy atom.